The first-order valence-corrected chi connectivity index (χ1v) is 21.1. The summed E-state index contributed by atoms with van der Waals surface area (Å²) in [5.41, 5.74) is -6.16. The minimum atomic E-state index is -1.83. The molecule has 0 radical (unpaired) electrons. The normalized spacial score (nSPS) is 46.7. The number of esters is 1. The van der Waals surface area contributed by atoms with Gasteiger partial charge in [-0.25, -0.2) is 4.98 Å². The summed E-state index contributed by atoms with van der Waals surface area (Å²) < 4.78 is 40.3. The maximum absolute atomic E-state index is 14.4. The monoisotopic (exact) mass is 829 g/mol. The second-order valence-corrected chi connectivity index (χ2v) is 18.6. The molecule has 1 aromatic heterocycles. The number of likely N-dealkylation sites (N-methyl/N-ethyl adjacent to an activating group) is 1. The summed E-state index contributed by atoms with van der Waals surface area (Å²) in [7, 11) is 5.29. The third-order valence-electron chi connectivity index (χ3n) is 13.5. The molecule has 3 fully saturated rings. The molecule has 18 atom stereocenters. The number of aryl methyl sites for hydroxylation is 1. The molecule has 16 nitrogen and oxygen atoms in total. The smallest absolute Gasteiger partial charge is 0.311 e. The van der Waals surface area contributed by atoms with Crippen molar-refractivity contribution < 1.29 is 58.7 Å². The molecular weight excluding hydrogens is 752 g/mol. The Hall–Kier alpha value is -1.80. The van der Waals surface area contributed by atoms with Gasteiger partial charge in [0.25, 0.3) is 0 Å². The fourth-order valence-corrected chi connectivity index (χ4v) is 9.55. The first kappa shape index (κ1) is 48.9. The Morgan fingerprint density at radius 1 is 1.02 bits per heavy atom. The summed E-state index contributed by atoms with van der Waals surface area (Å²) in [4.78, 5) is 20.6. The average Bonchev–Trinajstić information content (AvgIpc) is 3.55. The van der Waals surface area contributed by atoms with Crippen LogP contribution >= 0.6 is 0 Å². The Balaban J connectivity index is 1.81. The van der Waals surface area contributed by atoms with Crippen LogP contribution in [0.2, 0.25) is 0 Å². The minimum absolute atomic E-state index is 0.0521. The van der Waals surface area contributed by atoms with Gasteiger partial charge in [0.1, 0.15) is 40.9 Å². The largest absolute Gasteiger partial charge is 0.459 e. The molecular formula is C42H76N4O12. The average molecular weight is 829 g/mol. The summed E-state index contributed by atoms with van der Waals surface area (Å²) in [6, 6.07) is -0.896. The van der Waals surface area contributed by atoms with Gasteiger partial charge in [0, 0.05) is 43.9 Å². The number of aliphatic hydroxyl groups excluding tert-OH is 2. The highest BCUT2D eigenvalue weighted by molar-refractivity contribution is 5.73. The molecule has 6 N–H and O–H groups in total. The molecule has 0 aliphatic carbocycles. The van der Waals surface area contributed by atoms with Gasteiger partial charge in [0.2, 0.25) is 0 Å². The molecule has 0 spiro atoms. The number of hydrogen-bond donors (Lipinski definition) is 6. The van der Waals surface area contributed by atoms with Gasteiger partial charge in [-0.2, -0.15) is 0 Å². The molecule has 3 aliphatic rings. The van der Waals surface area contributed by atoms with E-state index in [-0.39, 0.29) is 43.9 Å². The Labute approximate surface area is 345 Å². The maximum Gasteiger partial charge on any atom is 0.311 e. The number of carbonyl (C=O) groups is 1. The van der Waals surface area contributed by atoms with Gasteiger partial charge in [0.05, 0.1) is 42.5 Å². The summed E-state index contributed by atoms with van der Waals surface area (Å²) in [6.45, 7) is 19.9. The molecule has 3 saturated heterocycles. The van der Waals surface area contributed by atoms with Gasteiger partial charge in [-0.15, -0.1) is 0 Å². The van der Waals surface area contributed by atoms with E-state index in [1.54, 1.807) is 53.9 Å². The van der Waals surface area contributed by atoms with Gasteiger partial charge in [-0.3, -0.25) is 4.79 Å². The second-order valence-electron chi connectivity index (χ2n) is 18.6. The zero-order chi connectivity index (χ0) is 43.7. The molecule has 336 valence electrons. The molecule has 0 bridgehead atoms. The number of hydrogen-bond acceptors (Lipinski definition) is 15. The number of nitrogens with zero attached hydrogens (tertiary/aromatic N) is 3. The van der Waals surface area contributed by atoms with Crippen LogP contribution in [0.1, 0.15) is 101 Å². The van der Waals surface area contributed by atoms with Crippen LogP contribution in [0.4, 0.5) is 0 Å². The molecule has 0 unspecified atom stereocenters. The van der Waals surface area contributed by atoms with Crippen LogP contribution in [0.3, 0.4) is 0 Å². The molecule has 58 heavy (non-hydrogen) atoms. The zero-order valence-electron chi connectivity index (χ0n) is 37.4. The third-order valence-corrected chi connectivity index (χ3v) is 13.5. The minimum Gasteiger partial charge on any atom is -0.459 e. The van der Waals surface area contributed by atoms with Crippen LogP contribution in [-0.4, -0.2) is 163 Å². The number of imidazole rings is 1. The fraction of sp³-hybridized carbons (Fsp3) is 0.905. The first-order valence-electron chi connectivity index (χ1n) is 21.1. The standard InChI is InChI=1S/C42H76N4O12/c1-15-31-41(11,51)35(48)27(6)44-21-23(2)19-39(9,50)36(58-38-33(47)30(45(12)13)18-24(3)54-38)25(4)34(26(5)37(49)56-31)57-32-20-40(10,53-14)42(52,28(7)55-32)22-46-17-16-43-29(46)8/h16-17,23-28,30-36,38,44,47-48,50-52H,15,18-22H2,1-14H3/t23-,24-,25+,26-,27-,28+,30+,31-,32+,33-,34+,35-,36-,38+,39+,40-,41-,42-/m1/s1. The van der Waals surface area contributed by atoms with E-state index in [1.165, 1.54) is 14.0 Å². The van der Waals surface area contributed by atoms with E-state index < -0.39 is 95.5 Å². The Kier molecular flexibility index (Phi) is 16.1. The lowest BCUT2D eigenvalue weighted by molar-refractivity contribution is -0.339. The molecule has 16 heteroatoms. The zero-order valence-corrected chi connectivity index (χ0v) is 37.4. The van der Waals surface area contributed by atoms with Crippen molar-refractivity contribution in [2.75, 3.05) is 27.7 Å². The predicted molar refractivity (Wildman–Crippen MR) is 215 cm³/mol. The molecule has 4 heterocycles. The lowest BCUT2D eigenvalue weighted by Gasteiger charge is -2.53. The second kappa shape index (κ2) is 19.1. The van der Waals surface area contributed by atoms with E-state index >= 15 is 0 Å². The number of aliphatic hydroxyl groups is 5. The Morgan fingerprint density at radius 2 is 1.67 bits per heavy atom. The van der Waals surface area contributed by atoms with Crippen molar-refractivity contribution in [1.82, 2.24) is 19.8 Å². The van der Waals surface area contributed by atoms with Crippen molar-refractivity contribution in [3.8, 4) is 0 Å². The number of aromatic nitrogens is 2. The number of carbonyl (C=O) groups excluding carboxylic acids is 1. The van der Waals surface area contributed by atoms with Gasteiger partial charge >= 0.3 is 5.97 Å². The molecule has 3 aliphatic heterocycles. The highest BCUT2D eigenvalue weighted by Gasteiger charge is 2.59. The van der Waals surface area contributed by atoms with E-state index in [0.29, 0.717) is 18.8 Å². The number of rotatable bonds is 9. The number of methoxy groups -OCH3 is 1. The van der Waals surface area contributed by atoms with Crippen LogP contribution in [-0.2, 0) is 39.8 Å². The lowest BCUT2D eigenvalue weighted by Crippen LogP contribution is -2.68. The topological polar surface area (TPSA) is 207 Å². The third kappa shape index (κ3) is 10.3. The van der Waals surface area contributed by atoms with E-state index in [2.05, 4.69) is 10.3 Å². The van der Waals surface area contributed by atoms with Crippen molar-refractivity contribution in [2.45, 2.75) is 198 Å². The van der Waals surface area contributed by atoms with E-state index in [9.17, 15) is 30.3 Å². The van der Waals surface area contributed by atoms with Crippen molar-refractivity contribution in [1.29, 1.82) is 0 Å². The van der Waals surface area contributed by atoms with Crippen LogP contribution in [0.5, 0.6) is 0 Å². The molecule has 1 aromatic rings. The molecule has 0 saturated carbocycles. The van der Waals surface area contributed by atoms with Crippen molar-refractivity contribution in [3.63, 3.8) is 0 Å². The highest BCUT2D eigenvalue weighted by Crippen LogP contribution is 2.44. The van der Waals surface area contributed by atoms with Crippen molar-refractivity contribution in [3.05, 3.63) is 18.2 Å². The van der Waals surface area contributed by atoms with Crippen LogP contribution < -0.4 is 5.32 Å². The van der Waals surface area contributed by atoms with Gasteiger partial charge in [0.15, 0.2) is 12.6 Å². The summed E-state index contributed by atoms with van der Waals surface area (Å²) in [5.74, 6) is -2.02. The van der Waals surface area contributed by atoms with Gasteiger partial charge in [-0.05, 0) is 101 Å². The highest BCUT2D eigenvalue weighted by atomic mass is 16.7. The van der Waals surface area contributed by atoms with E-state index in [0.717, 1.165) is 0 Å². The summed E-state index contributed by atoms with van der Waals surface area (Å²) in [5, 5.41) is 62.9. The molecule has 0 amide bonds. The Morgan fingerprint density at radius 3 is 2.24 bits per heavy atom. The fourth-order valence-electron chi connectivity index (χ4n) is 9.55. The van der Waals surface area contributed by atoms with Crippen molar-refractivity contribution in [2.24, 2.45) is 17.8 Å². The summed E-state index contributed by atoms with van der Waals surface area (Å²) >= 11 is 0. The van der Waals surface area contributed by atoms with Crippen molar-refractivity contribution >= 4 is 5.97 Å². The molecule has 4 rings (SSSR count). The number of cyclic esters (lactones) is 1. The number of ether oxygens (including phenoxy) is 6. The first-order chi connectivity index (χ1) is 26.8. The van der Waals surface area contributed by atoms with Crippen LogP contribution in [0, 0.1) is 24.7 Å². The van der Waals surface area contributed by atoms with Crippen LogP contribution in [0.15, 0.2) is 12.4 Å². The number of nitrogens with one attached hydrogen (secondary N) is 1. The molecule has 0 aromatic carbocycles. The lowest BCUT2D eigenvalue weighted by atomic mass is 9.75. The van der Waals surface area contributed by atoms with Gasteiger partial charge in [-0.1, -0.05) is 20.8 Å². The Bertz CT molecular complexity index is 1480. The predicted octanol–water partition coefficient (Wildman–Crippen LogP) is 2.13. The quantitative estimate of drug-likeness (QED) is 0.197. The van der Waals surface area contributed by atoms with E-state index in [1.807, 2.05) is 51.3 Å². The summed E-state index contributed by atoms with van der Waals surface area (Å²) in [6.07, 6.45) is -4.42. The maximum atomic E-state index is 14.4. The van der Waals surface area contributed by atoms with Gasteiger partial charge < -0.3 is 68.7 Å². The van der Waals surface area contributed by atoms with Crippen LogP contribution in [0.25, 0.3) is 0 Å². The van der Waals surface area contributed by atoms with E-state index in [4.69, 9.17) is 28.4 Å². The SMILES string of the molecule is CC[C@H]1OC(=O)[C@H](C)[C@@H](O[C@H]2C[C@@](C)(OC)[C@@](O)(Cn3ccnc3C)[C@H](C)O2)[C@H](C)[C@@H](O[C@@H]2O[C@H](C)C[C@H](N(C)C)[C@H]2O)[C@@](C)(O)C[C@@H](C)CN[C@H](C)[C@@H](O)[C@]1(C)O.